The van der Waals surface area contributed by atoms with E-state index in [4.69, 9.17) is 4.42 Å². The molecule has 0 spiro atoms. The Morgan fingerprint density at radius 2 is 2.00 bits per heavy atom. The Morgan fingerprint density at radius 1 is 1.37 bits per heavy atom. The Balaban J connectivity index is 2.51. The van der Waals surface area contributed by atoms with E-state index in [0.29, 0.717) is 24.9 Å². The van der Waals surface area contributed by atoms with E-state index in [-0.39, 0.29) is 17.4 Å². The van der Waals surface area contributed by atoms with E-state index < -0.39 is 0 Å². The lowest BCUT2D eigenvalue weighted by Gasteiger charge is -2.15. The van der Waals surface area contributed by atoms with Crippen molar-refractivity contribution in [1.29, 1.82) is 0 Å². The molecule has 1 amide bonds. The van der Waals surface area contributed by atoms with Gasteiger partial charge in [-0.3, -0.25) is 9.69 Å². The molecule has 19 heavy (non-hydrogen) atoms. The quantitative estimate of drug-likeness (QED) is 0.872. The molecule has 0 unspecified atom stereocenters. The van der Waals surface area contributed by atoms with Gasteiger partial charge in [-0.05, 0) is 20.9 Å². The number of nitrogens with zero attached hydrogens (tertiary/aromatic N) is 3. The van der Waals surface area contributed by atoms with Crippen molar-refractivity contribution in [2.75, 3.05) is 13.6 Å². The van der Waals surface area contributed by atoms with Gasteiger partial charge in [0, 0.05) is 11.5 Å². The molecule has 0 saturated carbocycles. The van der Waals surface area contributed by atoms with Gasteiger partial charge < -0.3 is 9.73 Å². The normalized spacial score (nSPS) is 12.2. The summed E-state index contributed by atoms with van der Waals surface area (Å²) in [6.45, 7) is 10.7. The van der Waals surface area contributed by atoms with E-state index in [1.807, 2.05) is 46.6 Å². The summed E-state index contributed by atoms with van der Waals surface area (Å²) in [6.07, 6.45) is 0. The third-order valence-corrected chi connectivity index (χ3v) is 2.38. The largest absolute Gasteiger partial charge is 0.423 e. The van der Waals surface area contributed by atoms with E-state index >= 15 is 0 Å². The van der Waals surface area contributed by atoms with Crippen LogP contribution in [-0.2, 0) is 16.8 Å². The van der Waals surface area contributed by atoms with Gasteiger partial charge in [-0.25, -0.2) is 0 Å². The minimum absolute atomic E-state index is 0.00643. The molecule has 6 heteroatoms. The van der Waals surface area contributed by atoms with Crippen LogP contribution in [0, 0.1) is 0 Å². The van der Waals surface area contributed by atoms with Crippen molar-refractivity contribution in [2.24, 2.45) is 0 Å². The predicted octanol–water partition coefficient (Wildman–Crippen LogP) is 1.32. The van der Waals surface area contributed by atoms with Gasteiger partial charge in [-0.15, -0.1) is 10.2 Å². The number of carbonyl (C=O) groups is 1. The zero-order chi connectivity index (χ0) is 14.6. The van der Waals surface area contributed by atoms with Crippen LogP contribution in [-0.4, -0.2) is 40.6 Å². The summed E-state index contributed by atoms with van der Waals surface area (Å²) in [4.78, 5) is 13.4. The van der Waals surface area contributed by atoms with Crippen LogP contribution in [0.2, 0.25) is 0 Å². The Labute approximate surface area is 114 Å². The monoisotopic (exact) mass is 268 g/mol. The molecule has 0 fully saturated rings. The SMILES string of the molecule is CC(C)NC(=O)CN(C)Cc1nnc(C(C)(C)C)o1. The van der Waals surface area contributed by atoms with Crippen LogP contribution in [0.3, 0.4) is 0 Å². The number of likely N-dealkylation sites (N-methyl/N-ethyl adjacent to an activating group) is 1. The van der Waals surface area contributed by atoms with Crippen LogP contribution in [0.15, 0.2) is 4.42 Å². The highest BCUT2D eigenvalue weighted by Crippen LogP contribution is 2.20. The molecule has 0 aliphatic heterocycles. The molecule has 0 radical (unpaired) electrons. The van der Waals surface area contributed by atoms with E-state index in [0.717, 1.165) is 0 Å². The Hall–Kier alpha value is -1.43. The van der Waals surface area contributed by atoms with Crippen LogP contribution in [0.5, 0.6) is 0 Å². The highest BCUT2D eigenvalue weighted by atomic mass is 16.4. The van der Waals surface area contributed by atoms with Crippen molar-refractivity contribution < 1.29 is 9.21 Å². The molecule has 0 aliphatic rings. The molecule has 1 rings (SSSR count). The Kier molecular flexibility index (Phi) is 5.05. The molecule has 0 aliphatic carbocycles. The molecule has 1 N–H and O–H groups in total. The second-order valence-corrected chi connectivity index (χ2v) is 6.15. The minimum Gasteiger partial charge on any atom is -0.423 e. The average Bonchev–Trinajstić information content (AvgIpc) is 2.63. The Bertz CT molecular complexity index is 421. The minimum atomic E-state index is -0.154. The van der Waals surface area contributed by atoms with Crippen LogP contribution in [0.25, 0.3) is 0 Å². The molecule has 108 valence electrons. The molecule has 1 heterocycles. The fourth-order valence-corrected chi connectivity index (χ4v) is 1.52. The molecule has 1 aromatic heterocycles. The fourth-order valence-electron chi connectivity index (χ4n) is 1.52. The smallest absolute Gasteiger partial charge is 0.234 e. The number of nitrogens with one attached hydrogen (secondary N) is 1. The van der Waals surface area contributed by atoms with Crippen LogP contribution in [0.1, 0.15) is 46.4 Å². The van der Waals surface area contributed by atoms with Crippen molar-refractivity contribution in [3.63, 3.8) is 0 Å². The maximum absolute atomic E-state index is 11.6. The molecule has 0 atom stereocenters. The molecular formula is C13H24N4O2. The topological polar surface area (TPSA) is 71.3 Å². The maximum atomic E-state index is 11.6. The van der Waals surface area contributed by atoms with Gasteiger partial charge >= 0.3 is 0 Å². The summed E-state index contributed by atoms with van der Waals surface area (Å²) in [5, 5.41) is 10.9. The summed E-state index contributed by atoms with van der Waals surface area (Å²) < 4.78 is 5.59. The summed E-state index contributed by atoms with van der Waals surface area (Å²) in [6, 6.07) is 0.150. The second-order valence-electron chi connectivity index (χ2n) is 6.15. The van der Waals surface area contributed by atoms with Crippen molar-refractivity contribution in [1.82, 2.24) is 20.4 Å². The van der Waals surface area contributed by atoms with Crippen molar-refractivity contribution >= 4 is 5.91 Å². The molecule has 1 aromatic rings. The second kappa shape index (κ2) is 6.14. The Morgan fingerprint density at radius 3 is 2.47 bits per heavy atom. The zero-order valence-corrected chi connectivity index (χ0v) is 12.6. The van der Waals surface area contributed by atoms with Gasteiger partial charge in [0.2, 0.25) is 17.7 Å². The lowest BCUT2D eigenvalue weighted by atomic mass is 9.97. The predicted molar refractivity (Wildman–Crippen MR) is 72.6 cm³/mol. The van der Waals surface area contributed by atoms with Gasteiger partial charge in [0.25, 0.3) is 0 Å². The summed E-state index contributed by atoms with van der Waals surface area (Å²) >= 11 is 0. The van der Waals surface area contributed by atoms with Crippen LogP contribution >= 0.6 is 0 Å². The summed E-state index contributed by atoms with van der Waals surface area (Å²) in [7, 11) is 1.85. The molecular weight excluding hydrogens is 244 g/mol. The number of amides is 1. The molecule has 6 nitrogen and oxygen atoms in total. The summed E-state index contributed by atoms with van der Waals surface area (Å²) in [5.74, 6) is 1.14. The van der Waals surface area contributed by atoms with Crippen molar-refractivity contribution in [2.45, 2.75) is 52.6 Å². The first-order valence-electron chi connectivity index (χ1n) is 6.49. The number of aromatic nitrogens is 2. The van der Waals surface area contributed by atoms with Crippen LogP contribution in [0.4, 0.5) is 0 Å². The third-order valence-electron chi connectivity index (χ3n) is 2.38. The third kappa shape index (κ3) is 5.38. The number of rotatable bonds is 5. The van der Waals surface area contributed by atoms with Gasteiger partial charge in [-0.1, -0.05) is 20.8 Å². The highest BCUT2D eigenvalue weighted by molar-refractivity contribution is 5.78. The first kappa shape index (κ1) is 15.6. The van der Waals surface area contributed by atoms with Gasteiger partial charge in [-0.2, -0.15) is 0 Å². The van der Waals surface area contributed by atoms with Gasteiger partial charge in [0.15, 0.2) is 0 Å². The van der Waals surface area contributed by atoms with Gasteiger partial charge in [0.1, 0.15) is 0 Å². The van der Waals surface area contributed by atoms with E-state index in [2.05, 4.69) is 15.5 Å². The first-order valence-corrected chi connectivity index (χ1v) is 6.49. The van der Waals surface area contributed by atoms with Crippen LogP contribution < -0.4 is 5.32 Å². The van der Waals surface area contributed by atoms with E-state index in [1.165, 1.54) is 0 Å². The standard InChI is InChI=1S/C13H24N4O2/c1-9(2)14-10(18)7-17(6)8-11-15-16-12(19-11)13(3,4)5/h9H,7-8H2,1-6H3,(H,14,18). The highest BCUT2D eigenvalue weighted by Gasteiger charge is 2.22. The number of hydrogen-bond donors (Lipinski definition) is 1. The van der Waals surface area contributed by atoms with Crippen molar-refractivity contribution in [3.05, 3.63) is 11.8 Å². The summed E-state index contributed by atoms with van der Waals surface area (Å²) in [5.41, 5.74) is -0.154. The number of carbonyl (C=O) groups excluding carboxylic acids is 1. The molecule has 0 saturated heterocycles. The van der Waals surface area contributed by atoms with Gasteiger partial charge in [0.05, 0.1) is 13.1 Å². The maximum Gasteiger partial charge on any atom is 0.234 e. The van der Waals surface area contributed by atoms with Crippen molar-refractivity contribution in [3.8, 4) is 0 Å². The molecule has 0 aromatic carbocycles. The van der Waals surface area contributed by atoms with E-state index in [1.54, 1.807) is 0 Å². The lowest BCUT2D eigenvalue weighted by Crippen LogP contribution is -2.38. The average molecular weight is 268 g/mol. The molecule has 0 bridgehead atoms. The van der Waals surface area contributed by atoms with E-state index in [9.17, 15) is 4.79 Å². The first-order chi connectivity index (χ1) is 8.68. The fraction of sp³-hybridized carbons (Fsp3) is 0.769. The number of hydrogen-bond acceptors (Lipinski definition) is 5. The lowest BCUT2D eigenvalue weighted by molar-refractivity contribution is -0.122. The zero-order valence-electron chi connectivity index (χ0n) is 12.6.